The molecular weight excluding hydrogens is 592 g/mol. The van der Waals surface area contributed by atoms with Crippen LogP contribution in [0.2, 0.25) is 0 Å². The largest absolute Gasteiger partial charge is 0.507 e. The summed E-state index contributed by atoms with van der Waals surface area (Å²) in [6.45, 7) is 9.16. The lowest BCUT2D eigenvalue weighted by molar-refractivity contribution is -0.132. The van der Waals surface area contributed by atoms with Gasteiger partial charge >= 0.3 is 5.91 Å². The number of carbonyl (C=O) groups is 2. The van der Waals surface area contributed by atoms with Crippen LogP contribution < -0.4 is 23.8 Å². The summed E-state index contributed by atoms with van der Waals surface area (Å²) < 4.78 is 24.0. The van der Waals surface area contributed by atoms with Gasteiger partial charge in [0.05, 0.1) is 42.2 Å². The fraction of sp³-hybridized carbons (Fsp3) is 0.343. The molecule has 0 aliphatic carbocycles. The van der Waals surface area contributed by atoms with Crippen molar-refractivity contribution >= 4 is 44.1 Å². The third-order valence-corrected chi connectivity index (χ3v) is 8.95. The maximum absolute atomic E-state index is 13.8. The Balaban J connectivity index is 1.48. The number of thiazole rings is 1. The molecule has 2 atom stereocenters. The van der Waals surface area contributed by atoms with E-state index in [1.54, 1.807) is 37.4 Å². The number of hydrogen-bond donors (Lipinski definition) is 1. The second-order valence-corrected chi connectivity index (χ2v) is 12.6. The number of benzene rings is 3. The molecule has 3 heterocycles. The second kappa shape index (κ2) is 12.4. The van der Waals surface area contributed by atoms with Crippen LogP contribution in [0.25, 0.3) is 16.0 Å². The number of anilines is 1. The SMILES string of the molecule is CCOc1ccc2nc(N3C(=O)C(=O)/C(=C(/O)c4ccc5c(c4)CC(C)O5)C3c3ccc(OCCC(C)C)c(OC)c3)sc2c1. The van der Waals surface area contributed by atoms with E-state index in [9.17, 15) is 14.7 Å². The van der Waals surface area contributed by atoms with Crippen molar-refractivity contribution in [1.82, 2.24) is 4.98 Å². The van der Waals surface area contributed by atoms with Gasteiger partial charge in [-0.2, -0.15) is 0 Å². The standard InChI is InChI=1S/C35H36N2O7S/c1-6-42-24-9-10-25-29(18-24)45-35(36-25)37-31(21-7-12-27(28(17-21)41-5)43-14-13-19(2)3)30(33(39)34(37)40)32(38)22-8-11-26-23(16-22)15-20(4)44-26/h7-12,16-20,31,38H,6,13-15H2,1-5H3/b32-30+. The van der Waals surface area contributed by atoms with Crippen LogP contribution in [0, 0.1) is 5.92 Å². The predicted octanol–water partition coefficient (Wildman–Crippen LogP) is 7.08. The Hall–Kier alpha value is -4.57. The fourth-order valence-corrected chi connectivity index (χ4v) is 6.72. The Morgan fingerprint density at radius 1 is 1.09 bits per heavy atom. The summed E-state index contributed by atoms with van der Waals surface area (Å²) in [5.41, 5.74) is 2.56. The molecule has 1 aromatic heterocycles. The van der Waals surface area contributed by atoms with Crippen molar-refractivity contribution in [1.29, 1.82) is 0 Å². The molecule has 234 valence electrons. The van der Waals surface area contributed by atoms with Gasteiger partial charge in [-0.25, -0.2) is 4.98 Å². The first-order valence-electron chi connectivity index (χ1n) is 15.1. The van der Waals surface area contributed by atoms with Gasteiger partial charge < -0.3 is 24.1 Å². The number of nitrogens with zero attached hydrogens (tertiary/aromatic N) is 2. The summed E-state index contributed by atoms with van der Waals surface area (Å²) in [6.07, 6.45) is 1.57. The molecule has 0 saturated carbocycles. The highest BCUT2D eigenvalue weighted by Crippen LogP contribution is 2.46. The Kier molecular flexibility index (Phi) is 8.42. The molecule has 6 rings (SSSR count). The fourth-order valence-electron chi connectivity index (χ4n) is 5.70. The summed E-state index contributed by atoms with van der Waals surface area (Å²) >= 11 is 1.28. The number of fused-ring (bicyclic) bond motifs is 2. The molecule has 1 saturated heterocycles. The predicted molar refractivity (Wildman–Crippen MR) is 174 cm³/mol. The molecule has 10 heteroatoms. The van der Waals surface area contributed by atoms with E-state index < -0.39 is 17.7 Å². The van der Waals surface area contributed by atoms with Crippen molar-refractivity contribution in [2.45, 2.75) is 52.7 Å². The lowest BCUT2D eigenvalue weighted by Crippen LogP contribution is -2.29. The van der Waals surface area contributed by atoms with Gasteiger partial charge in [-0.3, -0.25) is 14.5 Å². The number of hydrogen-bond acceptors (Lipinski definition) is 9. The molecule has 2 aliphatic rings. The van der Waals surface area contributed by atoms with E-state index in [0.717, 1.165) is 22.4 Å². The second-order valence-electron chi connectivity index (χ2n) is 11.6. The topological polar surface area (TPSA) is 107 Å². The molecule has 4 aromatic rings. The van der Waals surface area contributed by atoms with Crippen molar-refractivity contribution in [2.24, 2.45) is 5.92 Å². The molecule has 3 aromatic carbocycles. The van der Waals surface area contributed by atoms with Gasteiger partial charge in [0.2, 0.25) is 0 Å². The van der Waals surface area contributed by atoms with E-state index >= 15 is 0 Å². The van der Waals surface area contributed by atoms with Gasteiger partial charge in [-0.15, -0.1) is 0 Å². The third-order valence-electron chi connectivity index (χ3n) is 7.94. The summed E-state index contributed by atoms with van der Waals surface area (Å²) in [5.74, 6) is 1.07. The van der Waals surface area contributed by atoms with Crippen LogP contribution >= 0.6 is 11.3 Å². The van der Waals surface area contributed by atoms with Crippen molar-refractivity contribution in [3.8, 4) is 23.0 Å². The molecule has 2 unspecified atom stereocenters. The Bertz CT molecular complexity index is 1810. The van der Waals surface area contributed by atoms with Crippen LogP contribution in [0.5, 0.6) is 23.0 Å². The van der Waals surface area contributed by atoms with Gasteiger partial charge in [0.25, 0.3) is 5.78 Å². The lowest BCUT2D eigenvalue weighted by atomic mass is 9.94. The zero-order valence-corrected chi connectivity index (χ0v) is 26.8. The number of rotatable bonds is 10. The summed E-state index contributed by atoms with van der Waals surface area (Å²) in [6, 6.07) is 15.2. The highest BCUT2D eigenvalue weighted by Gasteiger charge is 2.48. The van der Waals surface area contributed by atoms with Gasteiger partial charge in [-0.05, 0) is 85.8 Å². The van der Waals surface area contributed by atoms with E-state index in [-0.39, 0.29) is 17.4 Å². The minimum atomic E-state index is -0.973. The average Bonchev–Trinajstić information content (AvgIpc) is 3.68. The van der Waals surface area contributed by atoms with E-state index in [4.69, 9.17) is 23.9 Å². The Labute approximate surface area is 266 Å². The molecule has 45 heavy (non-hydrogen) atoms. The lowest BCUT2D eigenvalue weighted by Gasteiger charge is -2.24. The number of aliphatic hydroxyl groups excluding tert-OH is 1. The van der Waals surface area contributed by atoms with E-state index in [2.05, 4.69) is 13.8 Å². The average molecular weight is 629 g/mol. The molecule has 9 nitrogen and oxygen atoms in total. The number of carbonyl (C=O) groups excluding carboxylic acids is 2. The third kappa shape index (κ3) is 5.82. The Morgan fingerprint density at radius 2 is 1.91 bits per heavy atom. The smallest absolute Gasteiger partial charge is 0.301 e. The maximum Gasteiger partial charge on any atom is 0.301 e. The molecular formula is C35H36N2O7S. The number of aromatic nitrogens is 1. The normalized spacial score (nSPS) is 18.8. The van der Waals surface area contributed by atoms with Crippen molar-refractivity contribution in [3.05, 3.63) is 76.9 Å². The number of ether oxygens (including phenoxy) is 4. The van der Waals surface area contributed by atoms with Crippen molar-refractivity contribution < 1.29 is 33.6 Å². The van der Waals surface area contributed by atoms with Gasteiger partial charge in [-0.1, -0.05) is 31.3 Å². The van der Waals surface area contributed by atoms with Crippen molar-refractivity contribution in [3.63, 3.8) is 0 Å². The van der Waals surface area contributed by atoms with Crippen LogP contribution in [0.3, 0.4) is 0 Å². The van der Waals surface area contributed by atoms with Crippen LogP contribution in [0.1, 0.15) is 56.8 Å². The van der Waals surface area contributed by atoms with Crippen LogP contribution in [0.4, 0.5) is 5.13 Å². The number of amides is 1. The quantitative estimate of drug-likeness (QED) is 0.113. The highest BCUT2D eigenvalue weighted by atomic mass is 32.1. The summed E-state index contributed by atoms with van der Waals surface area (Å²) in [4.78, 5) is 33.8. The highest BCUT2D eigenvalue weighted by molar-refractivity contribution is 7.22. The van der Waals surface area contributed by atoms with Crippen LogP contribution in [-0.4, -0.2) is 48.2 Å². The van der Waals surface area contributed by atoms with Gasteiger partial charge in [0, 0.05) is 12.0 Å². The van der Waals surface area contributed by atoms with E-state index in [0.29, 0.717) is 64.6 Å². The van der Waals surface area contributed by atoms with Gasteiger partial charge in [0.15, 0.2) is 16.6 Å². The molecule has 0 radical (unpaired) electrons. The summed E-state index contributed by atoms with van der Waals surface area (Å²) in [7, 11) is 1.54. The number of Topliss-reactive ketones (excluding diaryl/α,β-unsaturated/α-hetero) is 1. The van der Waals surface area contributed by atoms with Crippen LogP contribution in [-0.2, 0) is 16.0 Å². The zero-order chi connectivity index (χ0) is 31.8. The van der Waals surface area contributed by atoms with Gasteiger partial charge in [0.1, 0.15) is 23.4 Å². The number of ketones is 1. The number of aliphatic hydroxyl groups is 1. The molecule has 0 bridgehead atoms. The van der Waals surface area contributed by atoms with Crippen LogP contribution in [0.15, 0.2) is 60.2 Å². The van der Waals surface area contributed by atoms with Crippen molar-refractivity contribution in [2.75, 3.05) is 25.2 Å². The first kappa shape index (κ1) is 30.5. The minimum Gasteiger partial charge on any atom is -0.507 e. The van der Waals surface area contributed by atoms with E-state index in [1.807, 2.05) is 38.1 Å². The molecule has 1 N–H and O–H groups in total. The Morgan fingerprint density at radius 3 is 2.67 bits per heavy atom. The summed E-state index contributed by atoms with van der Waals surface area (Å²) in [5, 5.41) is 12.1. The maximum atomic E-state index is 13.8. The molecule has 0 spiro atoms. The zero-order valence-electron chi connectivity index (χ0n) is 26.0. The molecule has 2 aliphatic heterocycles. The molecule has 1 fully saturated rings. The monoisotopic (exact) mass is 628 g/mol. The molecule has 1 amide bonds. The first-order valence-corrected chi connectivity index (χ1v) is 15.9. The number of methoxy groups -OCH3 is 1. The van der Waals surface area contributed by atoms with E-state index in [1.165, 1.54) is 16.2 Å². The first-order chi connectivity index (χ1) is 21.7. The minimum absolute atomic E-state index is 0.0130.